The second-order valence-electron chi connectivity index (χ2n) is 6.84. The van der Waals surface area contributed by atoms with E-state index in [2.05, 4.69) is 4.90 Å². The third-order valence-corrected chi connectivity index (χ3v) is 5.23. The lowest BCUT2D eigenvalue weighted by atomic mass is 10.0. The standard InChI is InChI=1S/C18H24ClN3O3/c1-13(2)16-12-25-18(24)22(16)11-17(23)21-9-7-20(8-10-21)15-6-4-3-5-14(15)19/h3-6,13,16H,7-12H2,1-2H3/t16-/m1/s1. The summed E-state index contributed by atoms with van der Waals surface area (Å²) in [5, 5.41) is 0.724. The molecule has 2 fully saturated rings. The van der Waals surface area contributed by atoms with Crippen LogP contribution in [0.1, 0.15) is 13.8 Å². The van der Waals surface area contributed by atoms with Crippen molar-refractivity contribution in [3.63, 3.8) is 0 Å². The fourth-order valence-electron chi connectivity index (χ4n) is 3.35. The lowest BCUT2D eigenvalue weighted by Crippen LogP contribution is -2.52. The molecule has 1 atom stereocenters. The first-order valence-electron chi connectivity index (χ1n) is 8.68. The Kier molecular flexibility index (Phi) is 5.37. The van der Waals surface area contributed by atoms with Crippen LogP contribution in [0.3, 0.4) is 0 Å². The van der Waals surface area contributed by atoms with E-state index in [0.717, 1.165) is 23.8 Å². The number of piperazine rings is 1. The molecule has 0 bridgehead atoms. The minimum Gasteiger partial charge on any atom is -0.447 e. The molecule has 1 aromatic carbocycles. The average Bonchev–Trinajstić information content (AvgIpc) is 2.96. The number of hydrogen-bond acceptors (Lipinski definition) is 4. The Balaban J connectivity index is 1.57. The number of ether oxygens (including phenoxy) is 1. The smallest absolute Gasteiger partial charge is 0.410 e. The normalized spacial score (nSPS) is 21.0. The first kappa shape index (κ1) is 17.9. The molecule has 0 unspecified atom stereocenters. The van der Waals surface area contributed by atoms with Crippen molar-refractivity contribution in [2.45, 2.75) is 19.9 Å². The van der Waals surface area contributed by atoms with Crippen LogP contribution in [-0.2, 0) is 9.53 Å². The van der Waals surface area contributed by atoms with E-state index in [-0.39, 0.29) is 30.5 Å². The van der Waals surface area contributed by atoms with E-state index in [1.54, 1.807) is 4.90 Å². The van der Waals surface area contributed by atoms with E-state index in [0.29, 0.717) is 19.7 Å². The molecule has 6 nitrogen and oxygen atoms in total. The lowest BCUT2D eigenvalue weighted by Gasteiger charge is -2.37. The summed E-state index contributed by atoms with van der Waals surface area (Å²) < 4.78 is 5.11. The van der Waals surface area contributed by atoms with Crippen LogP contribution in [0.25, 0.3) is 0 Å². The third kappa shape index (κ3) is 3.84. The maximum absolute atomic E-state index is 12.6. The Morgan fingerprint density at radius 3 is 2.56 bits per heavy atom. The molecular formula is C18H24ClN3O3. The van der Waals surface area contributed by atoms with Gasteiger partial charge in [-0.3, -0.25) is 9.69 Å². The van der Waals surface area contributed by atoms with Crippen molar-refractivity contribution in [1.82, 2.24) is 9.80 Å². The highest BCUT2D eigenvalue weighted by Crippen LogP contribution is 2.26. The Labute approximate surface area is 153 Å². The zero-order valence-electron chi connectivity index (χ0n) is 14.7. The predicted octanol–water partition coefficient (Wildman–Crippen LogP) is 2.47. The van der Waals surface area contributed by atoms with Gasteiger partial charge in [-0.2, -0.15) is 0 Å². The number of halogens is 1. The minimum atomic E-state index is -0.387. The van der Waals surface area contributed by atoms with Crippen LogP contribution in [-0.4, -0.2) is 67.2 Å². The second-order valence-corrected chi connectivity index (χ2v) is 7.24. The number of carbonyl (C=O) groups is 2. The van der Waals surface area contributed by atoms with Gasteiger partial charge in [0.15, 0.2) is 0 Å². The highest BCUT2D eigenvalue weighted by atomic mass is 35.5. The van der Waals surface area contributed by atoms with Crippen molar-refractivity contribution in [1.29, 1.82) is 0 Å². The van der Waals surface area contributed by atoms with E-state index in [1.807, 2.05) is 43.0 Å². The summed E-state index contributed by atoms with van der Waals surface area (Å²) in [7, 11) is 0. The Hall–Kier alpha value is -1.95. The average molecular weight is 366 g/mol. The van der Waals surface area contributed by atoms with Crippen molar-refractivity contribution in [3.8, 4) is 0 Å². The molecular weight excluding hydrogens is 342 g/mol. The zero-order valence-corrected chi connectivity index (χ0v) is 15.4. The van der Waals surface area contributed by atoms with E-state index in [9.17, 15) is 9.59 Å². The third-order valence-electron chi connectivity index (χ3n) is 4.91. The van der Waals surface area contributed by atoms with Gasteiger partial charge in [0.25, 0.3) is 0 Å². The molecule has 2 saturated heterocycles. The van der Waals surface area contributed by atoms with Crippen molar-refractivity contribution >= 4 is 29.3 Å². The van der Waals surface area contributed by atoms with Gasteiger partial charge in [-0.25, -0.2) is 4.79 Å². The molecule has 0 aromatic heterocycles. The largest absolute Gasteiger partial charge is 0.447 e. The van der Waals surface area contributed by atoms with Gasteiger partial charge in [-0.1, -0.05) is 37.6 Å². The van der Waals surface area contributed by atoms with Crippen molar-refractivity contribution in [2.24, 2.45) is 5.92 Å². The van der Waals surface area contributed by atoms with E-state index < -0.39 is 0 Å². The highest BCUT2D eigenvalue weighted by Gasteiger charge is 2.37. The summed E-state index contributed by atoms with van der Waals surface area (Å²) in [4.78, 5) is 30.1. The number of amides is 2. The molecule has 0 radical (unpaired) electrons. The second kappa shape index (κ2) is 7.52. The number of para-hydroxylation sites is 1. The van der Waals surface area contributed by atoms with Crippen LogP contribution in [0.5, 0.6) is 0 Å². The van der Waals surface area contributed by atoms with Gasteiger partial charge < -0.3 is 14.5 Å². The zero-order chi connectivity index (χ0) is 18.0. The van der Waals surface area contributed by atoms with Crippen LogP contribution in [0.2, 0.25) is 5.02 Å². The molecule has 136 valence electrons. The van der Waals surface area contributed by atoms with Gasteiger partial charge in [-0.15, -0.1) is 0 Å². The Bertz CT molecular complexity index is 644. The molecule has 0 N–H and O–H groups in total. The van der Waals surface area contributed by atoms with Crippen LogP contribution >= 0.6 is 11.6 Å². The molecule has 7 heteroatoms. The SMILES string of the molecule is CC(C)[C@H]1COC(=O)N1CC(=O)N1CCN(c2ccccc2Cl)CC1. The van der Waals surface area contributed by atoms with Gasteiger partial charge >= 0.3 is 6.09 Å². The maximum atomic E-state index is 12.6. The molecule has 2 aliphatic rings. The lowest BCUT2D eigenvalue weighted by molar-refractivity contribution is -0.132. The summed E-state index contributed by atoms with van der Waals surface area (Å²) in [6.45, 7) is 7.23. The molecule has 2 heterocycles. The van der Waals surface area contributed by atoms with Crippen molar-refractivity contribution in [2.75, 3.05) is 44.2 Å². The molecule has 2 amide bonds. The predicted molar refractivity (Wildman–Crippen MR) is 96.9 cm³/mol. The molecule has 1 aromatic rings. The molecule has 3 rings (SSSR count). The quantitative estimate of drug-likeness (QED) is 0.822. The van der Waals surface area contributed by atoms with Gasteiger partial charge in [0.2, 0.25) is 5.91 Å². The minimum absolute atomic E-state index is 0.0247. The fourth-order valence-corrected chi connectivity index (χ4v) is 3.61. The Morgan fingerprint density at radius 2 is 1.92 bits per heavy atom. The van der Waals surface area contributed by atoms with Crippen LogP contribution < -0.4 is 4.90 Å². The summed E-state index contributed by atoms with van der Waals surface area (Å²) in [6, 6.07) is 7.71. The number of benzene rings is 1. The topological polar surface area (TPSA) is 53.1 Å². The van der Waals surface area contributed by atoms with E-state index in [1.165, 1.54) is 0 Å². The van der Waals surface area contributed by atoms with Gasteiger partial charge in [-0.05, 0) is 18.1 Å². The summed E-state index contributed by atoms with van der Waals surface area (Å²) >= 11 is 6.25. The van der Waals surface area contributed by atoms with Gasteiger partial charge in [0, 0.05) is 26.2 Å². The summed E-state index contributed by atoms with van der Waals surface area (Å²) in [6.07, 6.45) is -0.387. The van der Waals surface area contributed by atoms with Gasteiger partial charge in [0.1, 0.15) is 13.2 Å². The highest BCUT2D eigenvalue weighted by molar-refractivity contribution is 6.33. The van der Waals surface area contributed by atoms with Gasteiger partial charge in [0.05, 0.1) is 16.8 Å². The van der Waals surface area contributed by atoms with Crippen molar-refractivity contribution < 1.29 is 14.3 Å². The maximum Gasteiger partial charge on any atom is 0.410 e. The summed E-state index contributed by atoms with van der Waals surface area (Å²) in [5.41, 5.74) is 0.999. The Morgan fingerprint density at radius 1 is 1.24 bits per heavy atom. The molecule has 25 heavy (non-hydrogen) atoms. The number of cyclic esters (lactones) is 1. The van der Waals surface area contributed by atoms with Crippen LogP contribution in [0.4, 0.5) is 10.5 Å². The number of hydrogen-bond donors (Lipinski definition) is 0. The molecule has 0 spiro atoms. The summed E-state index contributed by atoms with van der Waals surface area (Å²) in [5.74, 6) is 0.236. The van der Waals surface area contributed by atoms with Crippen molar-refractivity contribution in [3.05, 3.63) is 29.3 Å². The number of anilines is 1. The van der Waals surface area contributed by atoms with Crippen LogP contribution in [0.15, 0.2) is 24.3 Å². The monoisotopic (exact) mass is 365 g/mol. The molecule has 2 aliphatic heterocycles. The number of rotatable bonds is 4. The fraction of sp³-hybridized carbons (Fsp3) is 0.556. The van der Waals surface area contributed by atoms with Crippen LogP contribution in [0, 0.1) is 5.92 Å². The van der Waals surface area contributed by atoms with E-state index >= 15 is 0 Å². The first-order valence-corrected chi connectivity index (χ1v) is 9.06. The molecule has 0 saturated carbocycles. The molecule has 0 aliphatic carbocycles. The number of carbonyl (C=O) groups excluding carboxylic acids is 2. The van der Waals surface area contributed by atoms with E-state index in [4.69, 9.17) is 16.3 Å². The first-order chi connectivity index (χ1) is 12.0. The number of nitrogens with zero attached hydrogens (tertiary/aromatic N) is 3.